The summed E-state index contributed by atoms with van der Waals surface area (Å²) >= 11 is 0. The van der Waals surface area contributed by atoms with Crippen LogP contribution in [0.4, 0.5) is 11.4 Å². The Morgan fingerprint density at radius 1 is 0.842 bits per heavy atom. The van der Waals surface area contributed by atoms with Crippen molar-refractivity contribution in [3.05, 3.63) is 115 Å². The van der Waals surface area contributed by atoms with Gasteiger partial charge >= 0.3 is 0 Å². The Bertz CT molecular complexity index is 1600. The molecule has 0 saturated carbocycles. The largest absolute Gasteiger partial charge is 0.346 e. The van der Waals surface area contributed by atoms with Crippen molar-refractivity contribution in [1.82, 2.24) is 9.97 Å². The van der Waals surface area contributed by atoms with E-state index in [0.717, 1.165) is 57.5 Å². The molecule has 0 aliphatic carbocycles. The molecule has 6 nitrogen and oxygen atoms in total. The maximum absolute atomic E-state index is 12.6. The van der Waals surface area contributed by atoms with Crippen molar-refractivity contribution >= 4 is 34.2 Å². The van der Waals surface area contributed by atoms with Gasteiger partial charge in [-0.15, -0.1) is 0 Å². The molecule has 38 heavy (non-hydrogen) atoms. The van der Waals surface area contributed by atoms with Gasteiger partial charge < -0.3 is 15.6 Å². The molecular weight excluding hydrogens is 472 g/mol. The fourth-order valence-corrected chi connectivity index (χ4v) is 4.24. The predicted molar refractivity (Wildman–Crippen MR) is 154 cm³/mol. The molecule has 0 unspecified atom stereocenters. The highest BCUT2D eigenvalue weighted by Crippen LogP contribution is 2.32. The average molecular weight is 501 g/mol. The SMILES string of the molecule is CCC/C=C/C(=O)Nc1cccc(-c2cnc3[nH]cc(-c4ccc(C(=O)Nc5ccccc5)cc4)c3c2)c1. The second-order valence-electron chi connectivity index (χ2n) is 8.98. The number of pyridine rings is 1. The lowest BCUT2D eigenvalue weighted by Gasteiger charge is -2.08. The summed E-state index contributed by atoms with van der Waals surface area (Å²) in [5, 5.41) is 6.81. The average Bonchev–Trinajstić information content (AvgIpc) is 3.37. The van der Waals surface area contributed by atoms with Gasteiger partial charge in [-0.1, -0.05) is 61.9 Å². The number of rotatable bonds is 8. The molecular formula is C32H28N4O2. The minimum absolute atomic E-state index is 0.141. The number of para-hydroxylation sites is 1. The summed E-state index contributed by atoms with van der Waals surface area (Å²) in [5.41, 5.74) is 6.71. The zero-order valence-electron chi connectivity index (χ0n) is 21.1. The van der Waals surface area contributed by atoms with Gasteiger partial charge in [0, 0.05) is 45.8 Å². The zero-order chi connectivity index (χ0) is 26.3. The van der Waals surface area contributed by atoms with Crippen LogP contribution in [-0.2, 0) is 4.79 Å². The normalized spacial score (nSPS) is 11.1. The van der Waals surface area contributed by atoms with Crippen LogP contribution in [0.5, 0.6) is 0 Å². The minimum atomic E-state index is -0.154. The number of carbonyl (C=O) groups excluding carboxylic acids is 2. The number of aromatic nitrogens is 2. The number of nitrogens with one attached hydrogen (secondary N) is 3. The third-order valence-corrected chi connectivity index (χ3v) is 6.21. The highest BCUT2D eigenvalue weighted by molar-refractivity contribution is 6.05. The summed E-state index contributed by atoms with van der Waals surface area (Å²) in [5.74, 6) is -0.295. The smallest absolute Gasteiger partial charge is 0.255 e. The quantitative estimate of drug-likeness (QED) is 0.193. The van der Waals surface area contributed by atoms with E-state index < -0.39 is 0 Å². The van der Waals surface area contributed by atoms with E-state index in [4.69, 9.17) is 0 Å². The standard InChI is InChI=1S/C32H28N4O2/c1-2-3-5-13-30(37)35-27-12-8-9-24(18-27)25-19-28-29(21-34-31(28)33-20-25)22-14-16-23(17-15-22)32(38)36-26-10-6-4-7-11-26/h4-21H,2-3H2,1H3,(H,33,34)(H,35,37)(H,36,38)/b13-5+. The van der Waals surface area contributed by atoms with E-state index in [1.807, 2.05) is 97.3 Å². The summed E-state index contributed by atoms with van der Waals surface area (Å²) in [7, 11) is 0. The lowest BCUT2D eigenvalue weighted by Crippen LogP contribution is -2.11. The topological polar surface area (TPSA) is 86.9 Å². The lowest BCUT2D eigenvalue weighted by atomic mass is 10.0. The minimum Gasteiger partial charge on any atom is -0.346 e. The Kier molecular flexibility index (Phi) is 7.41. The van der Waals surface area contributed by atoms with Gasteiger partial charge in [-0.3, -0.25) is 9.59 Å². The number of H-pyrrole nitrogens is 1. The number of unbranched alkanes of at least 4 members (excludes halogenated alkanes) is 1. The number of aromatic amines is 1. The third kappa shape index (κ3) is 5.71. The summed E-state index contributed by atoms with van der Waals surface area (Å²) in [6.45, 7) is 2.08. The second kappa shape index (κ2) is 11.4. The molecule has 5 rings (SSSR count). The Balaban J connectivity index is 1.37. The van der Waals surface area contributed by atoms with Crippen LogP contribution < -0.4 is 10.6 Å². The molecule has 0 fully saturated rings. The van der Waals surface area contributed by atoms with Crippen LogP contribution in [0.3, 0.4) is 0 Å². The molecule has 2 aromatic heterocycles. The number of carbonyl (C=O) groups is 2. The van der Waals surface area contributed by atoms with Gasteiger partial charge in [-0.2, -0.15) is 0 Å². The highest BCUT2D eigenvalue weighted by Gasteiger charge is 2.12. The number of amides is 2. The van der Waals surface area contributed by atoms with Crippen LogP contribution in [0.1, 0.15) is 30.1 Å². The van der Waals surface area contributed by atoms with Gasteiger partial charge in [0.25, 0.3) is 5.91 Å². The van der Waals surface area contributed by atoms with Crippen molar-refractivity contribution in [1.29, 1.82) is 0 Å². The van der Waals surface area contributed by atoms with Crippen LogP contribution in [0.2, 0.25) is 0 Å². The van der Waals surface area contributed by atoms with E-state index in [2.05, 4.69) is 33.6 Å². The maximum Gasteiger partial charge on any atom is 0.255 e. The van der Waals surface area contributed by atoms with Gasteiger partial charge in [-0.25, -0.2) is 4.98 Å². The van der Waals surface area contributed by atoms with Gasteiger partial charge in [-0.05, 0) is 66.1 Å². The molecule has 2 amide bonds. The first-order chi connectivity index (χ1) is 18.6. The Labute approximate surface area is 221 Å². The summed E-state index contributed by atoms with van der Waals surface area (Å²) in [6, 6.07) is 26.8. The van der Waals surface area contributed by atoms with E-state index in [-0.39, 0.29) is 11.8 Å². The lowest BCUT2D eigenvalue weighted by molar-refractivity contribution is -0.111. The van der Waals surface area contributed by atoms with E-state index in [1.54, 1.807) is 6.08 Å². The highest BCUT2D eigenvalue weighted by atomic mass is 16.2. The summed E-state index contributed by atoms with van der Waals surface area (Å²) in [4.78, 5) is 32.7. The van der Waals surface area contributed by atoms with Crippen molar-refractivity contribution in [3.63, 3.8) is 0 Å². The summed E-state index contributed by atoms with van der Waals surface area (Å²) < 4.78 is 0. The molecule has 0 bridgehead atoms. The number of benzene rings is 3. The Morgan fingerprint density at radius 2 is 1.63 bits per heavy atom. The molecule has 0 saturated heterocycles. The fourth-order valence-electron chi connectivity index (χ4n) is 4.24. The zero-order valence-corrected chi connectivity index (χ0v) is 21.1. The molecule has 0 aliphatic rings. The van der Waals surface area contributed by atoms with E-state index in [0.29, 0.717) is 5.56 Å². The molecule has 5 aromatic rings. The number of nitrogens with zero attached hydrogens (tertiary/aromatic N) is 1. The van der Waals surface area contributed by atoms with Crippen LogP contribution in [0.15, 0.2) is 109 Å². The third-order valence-electron chi connectivity index (χ3n) is 6.21. The van der Waals surface area contributed by atoms with Crippen molar-refractivity contribution in [2.45, 2.75) is 19.8 Å². The first-order valence-corrected chi connectivity index (χ1v) is 12.6. The van der Waals surface area contributed by atoms with Crippen molar-refractivity contribution < 1.29 is 9.59 Å². The van der Waals surface area contributed by atoms with Crippen LogP contribution in [-0.4, -0.2) is 21.8 Å². The first kappa shape index (κ1) is 24.7. The number of anilines is 2. The van der Waals surface area contributed by atoms with Gasteiger partial charge in [0.1, 0.15) is 5.65 Å². The van der Waals surface area contributed by atoms with Crippen LogP contribution in [0, 0.1) is 0 Å². The van der Waals surface area contributed by atoms with Crippen molar-refractivity contribution in [2.24, 2.45) is 0 Å². The van der Waals surface area contributed by atoms with E-state index in [9.17, 15) is 9.59 Å². The second-order valence-corrected chi connectivity index (χ2v) is 8.98. The molecule has 0 spiro atoms. The predicted octanol–water partition coefficient (Wildman–Crippen LogP) is 7.44. The van der Waals surface area contributed by atoms with Crippen LogP contribution >= 0.6 is 0 Å². The fraction of sp³-hybridized carbons (Fsp3) is 0.0938. The molecule has 0 atom stereocenters. The molecule has 2 heterocycles. The molecule has 188 valence electrons. The van der Waals surface area contributed by atoms with E-state index in [1.165, 1.54) is 0 Å². The molecule has 3 N–H and O–H groups in total. The molecule has 3 aromatic carbocycles. The molecule has 6 heteroatoms. The molecule has 0 radical (unpaired) electrons. The Hall–Kier alpha value is -4.97. The number of fused-ring (bicyclic) bond motifs is 1. The monoisotopic (exact) mass is 500 g/mol. The first-order valence-electron chi connectivity index (χ1n) is 12.6. The van der Waals surface area contributed by atoms with Gasteiger partial charge in [0.05, 0.1) is 0 Å². The van der Waals surface area contributed by atoms with Crippen molar-refractivity contribution in [3.8, 4) is 22.3 Å². The number of hydrogen-bond acceptors (Lipinski definition) is 3. The van der Waals surface area contributed by atoms with E-state index >= 15 is 0 Å². The van der Waals surface area contributed by atoms with Crippen molar-refractivity contribution in [2.75, 3.05) is 10.6 Å². The van der Waals surface area contributed by atoms with Gasteiger partial charge in [0.15, 0.2) is 0 Å². The summed E-state index contributed by atoms with van der Waals surface area (Å²) in [6.07, 6.45) is 9.09. The number of hydrogen-bond donors (Lipinski definition) is 3. The maximum atomic E-state index is 12.6. The Morgan fingerprint density at radius 3 is 2.42 bits per heavy atom. The number of allylic oxidation sites excluding steroid dienone is 1. The van der Waals surface area contributed by atoms with Gasteiger partial charge in [0.2, 0.25) is 5.91 Å². The van der Waals surface area contributed by atoms with Crippen LogP contribution in [0.25, 0.3) is 33.3 Å². The molecule has 0 aliphatic heterocycles.